The number of benzene rings is 1. The van der Waals surface area contributed by atoms with Crippen LogP contribution in [0.4, 0.5) is 0 Å². The summed E-state index contributed by atoms with van der Waals surface area (Å²) in [6.45, 7) is 6.60. The first-order valence-corrected chi connectivity index (χ1v) is 10.9. The summed E-state index contributed by atoms with van der Waals surface area (Å²) in [5, 5.41) is 11.1. The zero-order valence-electron chi connectivity index (χ0n) is 18.5. The van der Waals surface area contributed by atoms with Crippen LogP contribution in [0.2, 0.25) is 0 Å². The van der Waals surface area contributed by atoms with Crippen molar-refractivity contribution in [2.45, 2.75) is 45.1 Å². The van der Waals surface area contributed by atoms with E-state index < -0.39 is 11.4 Å². The Morgan fingerprint density at radius 1 is 1.16 bits per heavy atom. The van der Waals surface area contributed by atoms with Crippen molar-refractivity contribution in [2.24, 2.45) is 17.4 Å². The Hall–Kier alpha value is -2.42. The number of amides is 2. The molecule has 1 aromatic rings. The normalized spacial score (nSPS) is 20.2. The Morgan fingerprint density at radius 2 is 1.74 bits per heavy atom. The Labute approximate surface area is 183 Å². The van der Waals surface area contributed by atoms with Gasteiger partial charge in [-0.3, -0.25) is 9.59 Å². The van der Waals surface area contributed by atoms with E-state index in [0.29, 0.717) is 50.5 Å². The fourth-order valence-corrected chi connectivity index (χ4v) is 4.28. The molecule has 0 radical (unpaired) electrons. The largest absolute Gasteiger partial charge is 0.414 e. The predicted octanol–water partition coefficient (Wildman–Crippen LogP) is 1.33. The molecule has 2 aliphatic rings. The van der Waals surface area contributed by atoms with Gasteiger partial charge < -0.3 is 26.3 Å². The minimum atomic E-state index is -0.952. The maximum Gasteiger partial charge on any atom is 0.253 e. The molecule has 8 heteroatoms. The van der Waals surface area contributed by atoms with E-state index in [1.165, 1.54) is 0 Å². The van der Waals surface area contributed by atoms with Crippen LogP contribution in [0.1, 0.15) is 52.7 Å². The molecule has 0 aromatic heterocycles. The molecule has 2 saturated heterocycles. The number of likely N-dealkylation sites (tertiary alicyclic amines) is 1. The average molecular weight is 431 g/mol. The highest BCUT2D eigenvalue weighted by molar-refractivity contribution is 5.95. The Kier molecular flexibility index (Phi) is 7.35. The second-order valence-electron chi connectivity index (χ2n) is 8.80. The van der Waals surface area contributed by atoms with Gasteiger partial charge >= 0.3 is 0 Å². The zero-order chi connectivity index (χ0) is 22.6. The number of rotatable bonds is 6. The molecule has 31 heavy (non-hydrogen) atoms. The molecule has 3 rings (SSSR count). The number of primary amides is 1. The summed E-state index contributed by atoms with van der Waals surface area (Å²) in [4.78, 5) is 31.9. The van der Waals surface area contributed by atoms with Gasteiger partial charge in [-0.05, 0) is 80.3 Å². The first-order valence-electron chi connectivity index (χ1n) is 10.9. The molecule has 0 aliphatic carbocycles. The third-order valence-electron chi connectivity index (χ3n) is 6.55. The van der Waals surface area contributed by atoms with Gasteiger partial charge in [-0.1, -0.05) is 0 Å². The molecule has 1 aromatic carbocycles. The minimum Gasteiger partial charge on any atom is -0.414 e. The highest BCUT2D eigenvalue weighted by atomic mass is 16.7. The van der Waals surface area contributed by atoms with Crippen molar-refractivity contribution in [2.75, 3.05) is 32.8 Å². The van der Waals surface area contributed by atoms with E-state index in [1.807, 2.05) is 37.0 Å². The number of piperidine rings is 2. The smallest absolute Gasteiger partial charge is 0.253 e. The Morgan fingerprint density at radius 3 is 2.26 bits per heavy atom. The maximum atomic E-state index is 12.9. The van der Waals surface area contributed by atoms with Gasteiger partial charge in [0, 0.05) is 38.3 Å². The Balaban J connectivity index is 1.59. The molecular formula is C23H34N4O4. The first kappa shape index (κ1) is 23.2. The van der Waals surface area contributed by atoms with Gasteiger partial charge in [-0.15, -0.1) is 5.06 Å². The van der Waals surface area contributed by atoms with Crippen LogP contribution < -0.4 is 11.5 Å². The van der Waals surface area contributed by atoms with E-state index in [-0.39, 0.29) is 12.5 Å². The summed E-state index contributed by atoms with van der Waals surface area (Å²) in [5.74, 6) is -0.124. The van der Waals surface area contributed by atoms with E-state index in [9.17, 15) is 14.7 Å². The lowest BCUT2D eigenvalue weighted by molar-refractivity contribution is -0.140. The van der Waals surface area contributed by atoms with E-state index >= 15 is 0 Å². The number of hydrogen-bond acceptors (Lipinski definition) is 6. The number of aryl methyl sites for hydroxylation is 2. The second kappa shape index (κ2) is 9.80. The van der Waals surface area contributed by atoms with Crippen LogP contribution in [0, 0.1) is 19.8 Å². The molecule has 0 spiro atoms. The maximum absolute atomic E-state index is 12.9. The molecule has 2 amide bonds. The number of aliphatic hydroxyl groups is 1. The van der Waals surface area contributed by atoms with Gasteiger partial charge in [0.05, 0.1) is 5.54 Å². The number of nitrogens with zero attached hydrogens (tertiary/aromatic N) is 2. The molecule has 0 unspecified atom stereocenters. The van der Waals surface area contributed by atoms with Crippen molar-refractivity contribution in [3.05, 3.63) is 40.6 Å². The number of carbonyl (C=O) groups excluding carboxylic acids is 2. The molecule has 2 aliphatic heterocycles. The van der Waals surface area contributed by atoms with Gasteiger partial charge in [0.25, 0.3) is 5.91 Å². The molecule has 0 bridgehead atoms. The summed E-state index contributed by atoms with van der Waals surface area (Å²) in [6, 6.07) is 3.84. The minimum absolute atomic E-state index is 0.0439. The van der Waals surface area contributed by atoms with Crippen molar-refractivity contribution in [3.63, 3.8) is 0 Å². The summed E-state index contributed by atoms with van der Waals surface area (Å²) in [7, 11) is 0. The lowest BCUT2D eigenvalue weighted by Crippen LogP contribution is -2.58. The molecule has 2 fully saturated rings. The first-order chi connectivity index (χ1) is 14.7. The zero-order valence-corrected chi connectivity index (χ0v) is 18.5. The molecular weight excluding hydrogens is 396 g/mol. The molecule has 5 N–H and O–H groups in total. The molecule has 8 nitrogen and oxygen atoms in total. The van der Waals surface area contributed by atoms with Crippen molar-refractivity contribution in [1.29, 1.82) is 0 Å². The summed E-state index contributed by atoms with van der Waals surface area (Å²) in [6.07, 6.45) is 6.13. The topological polar surface area (TPSA) is 122 Å². The SMILES string of the molecule is Cc1cc(C(=O)N2CCC(CO)CC2)cc(C)c1/C=C/ON1CCC(N)(C(N)=O)CC1. The highest BCUT2D eigenvalue weighted by Gasteiger charge is 2.36. The number of hydrogen-bond donors (Lipinski definition) is 3. The lowest BCUT2D eigenvalue weighted by atomic mass is 9.89. The van der Waals surface area contributed by atoms with Crippen LogP contribution in [-0.2, 0) is 9.63 Å². The second-order valence-corrected chi connectivity index (χ2v) is 8.80. The van der Waals surface area contributed by atoms with Crippen molar-refractivity contribution in [3.8, 4) is 0 Å². The van der Waals surface area contributed by atoms with Gasteiger partial charge in [-0.25, -0.2) is 0 Å². The molecule has 0 atom stereocenters. The Bertz CT molecular complexity index is 815. The summed E-state index contributed by atoms with van der Waals surface area (Å²) in [5.41, 5.74) is 14.1. The average Bonchev–Trinajstić information content (AvgIpc) is 2.76. The number of nitrogens with two attached hydrogens (primary N) is 2. The van der Waals surface area contributed by atoms with Crippen molar-refractivity contribution in [1.82, 2.24) is 9.96 Å². The van der Waals surface area contributed by atoms with Crippen LogP contribution in [-0.4, -0.2) is 65.2 Å². The third-order valence-corrected chi connectivity index (χ3v) is 6.55. The highest BCUT2D eigenvalue weighted by Crippen LogP contribution is 2.23. The van der Waals surface area contributed by atoms with Crippen LogP contribution in [0.25, 0.3) is 6.08 Å². The van der Waals surface area contributed by atoms with Crippen molar-refractivity contribution < 1.29 is 19.5 Å². The molecule has 170 valence electrons. The van der Waals surface area contributed by atoms with Gasteiger partial charge in [0.15, 0.2) is 0 Å². The van der Waals surface area contributed by atoms with E-state index in [0.717, 1.165) is 29.5 Å². The van der Waals surface area contributed by atoms with E-state index in [2.05, 4.69) is 0 Å². The standard InChI is InChI=1S/C23H34N4O4/c1-16-13-19(21(29)26-8-3-18(15-28)4-9-26)14-17(2)20(16)5-12-31-27-10-6-23(25,7-11-27)22(24)30/h5,12-14,18,28H,3-4,6-11,15,25H2,1-2H3,(H2,24,30)/b12-5+. The molecule has 0 saturated carbocycles. The number of aliphatic hydroxyl groups excluding tert-OH is 1. The quantitative estimate of drug-likeness (QED) is 0.585. The summed E-state index contributed by atoms with van der Waals surface area (Å²) >= 11 is 0. The predicted molar refractivity (Wildman–Crippen MR) is 119 cm³/mol. The lowest BCUT2D eigenvalue weighted by Gasteiger charge is -2.35. The van der Waals surface area contributed by atoms with E-state index in [4.69, 9.17) is 16.3 Å². The van der Waals surface area contributed by atoms with E-state index in [1.54, 1.807) is 11.3 Å². The fourth-order valence-electron chi connectivity index (χ4n) is 4.28. The molecule has 2 heterocycles. The number of hydroxylamine groups is 2. The van der Waals surface area contributed by atoms with Crippen LogP contribution in [0.3, 0.4) is 0 Å². The van der Waals surface area contributed by atoms with Gasteiger partial charge in [0.2, 0.25) is 5.91 Å². The fraction of sp³-hybridized carbons (Fsp3) is 0.565. The number of carbonyl (C=O) groups is 2. The van der Waals surface area contributed by atoms with Crippen LogP contribution in [0.5, 0.6) is 0 Å². The van der Waals surface area contributed by atoms with Gasteiger partial charge in [-0.2, -0.15) is 0 Å². The van der Waals surface area contributed by atoms with Gasteiger partial charge in [0.1, 0.15) is 6.26 Å². The summed E-state index contributed by atoms with van der Waals surface area (Å²) < 4.78 is 0. The monoisotopic (exact) mass is 430 g/mol. The van der Waals surface area contributed by atoms with Crippen LogP contribution >= 0.6 is 0 Å². The van der Waals surface area contributed by atoms with Crippen LogP contribution in [0.15, 0.2) is 18.4 Å². The van der Waals surface area contributed by atoms with Crippen molar-refractivity contribution >= 4 is 17.9 Å². The third kappa shape index (κ3) is 5.44.